The summed E-state index contributed by atoms with van der Waals surface area (Å²) in [5.74, 6) is 0.434. The standard InChI is InChI=1S/C24H41N5O2SSi/c1-24(2,3)33(4,5)31-21(23-27-11-12-32-23)20(13-17-9-7-6-8-10-17)29-22(30)19(25)14-18-15-26-16-28-18/h11-12,15-17,19-21H,6-10,13-14,25H2,1-5H3,(H,26,28)(H,29,30)/t19-,20-,21+/m0/s1. The van der Waals surface area contributed by atoms with E-state index in [4.69, 9.17) is 10.2 Å². The summed E-state index contributed by atoms with van der Waals surface area (Å²) in [6.45, 7) is 11.3. The van der Waals surface area contributed by atoms with Crippen molar-refractivity contribution in [3.05, 3.63) is 34.8 Å². The lowest BCUT2D eigenvalue weighted by atomic mass is 9.83. The third-order valence-electron chi connectivity index (χ3n) is 7.26. The Morgan fingerprint density at radius 2 is 2.06 bits per heavy atom. The van der Waals surface area contributed by atoms with E-state index in [1.54, 1.807) is 23.9 Å². The van der Waals surface area contributed by atoms with Gasteiger partial charge in [0.15, 0.2) is 8.32 Å². The zero-order chi connectivity index (χ0) is 24.1. The molecule has 7 nitrogen and oxygen atoms in total. The molecule has 0 saturated heterocycles. The average molecular weight is 492 g/mol. The highest BCUT2D eigenvalue weighted by Crippen LogP contribution is 2.42. The van der Waals surface area contributed by atoms with Crippen molar-refractivity contribution in [2.24, 2.45) is 11.7 Å². The lowest BCUT2D eigenvalue weighted by Gasteiger charge is -2.42. The fourth-order valence-corrected chi connectivity index (χ4v) is 6.31. The summed E-state index contributed by atoms with van der Waals surface area (Å²) in [6.07, 6.45) is 12.4. The molecule has 1 aliphatic carbocycles. The second kappa shape index (κ2) is 11.2. The molecule has 184 valence electrons. The number of carbonyl (C=O) groups is 1. The van der Waals surface area contributed by atoms with Crippen molar-refractivity contribution >= 4 is 25.6 Å². The smallest absolute Gasteiger partial charge is 0.237 e. The van der Waals surface area contributed by atoms with Crippen LogP contribution in [0.4, 0.5) is 0 Å². The van der Waals surface area contributed by atoms with Crippen LogP contribution in [0.25, 0.3) is 0 Å². The van der Waals surface area contributed by atoms with Crippen molar-refractivity contribution in [3.8, 4) is 0 Å². The van der Waals surface area contributed by atoms with Crippen molar-refractivity contribution in [2.45, 2.75) is 102 Å². The van der Waals surface area contributed by atoms with Crippen molar-refractivity contribution in [1.29, 1.82) is 0 Å². The van der Waals surface area contributed by atoms with Gasteiger partial charge in [0, 0.05) is 29.9 Å². The number of carbonyl (C=O) groups excluding carboxylic acids is 1. The number of hydrogen-bond donors (Lipinski definition) is 3. The third kappa shape index (κ3) is 7.21. The Bertz CT molecular complexity index is 845. The first-order valence-corrected chi connectivity index (χ1v) is 16.0. The van der Waals surface area contributed by atoms with Gasteiger partial charge in [0.2, 0.25) is 5.91 Å². The summed E-state index contributed by atoms with van der Waals surface area (Å²) in [4.78, 5) is 24.9. The minimum atomic E-state index is -2.11. The number of nitrogens with two attached hydrogens (primary N) is 1. The Hall–Kier alpha value is -1.55. The summed E-state index contributed by atoms with van der Waals surface area (Å²) in [5, 5.41) is 6.28. The molecule has 1 saturated carbocycles. The minimum Gasteiger partial charge on any atom is -0.405 e. The number of imidazole rings is 1. The van der Waals surface area contributed by atoms with E-state index in [1.165, 1.54) is 32.1 Å². The zero-order valence-corrected chi connectivity index (χ0v) is 22.6. The third-order valence-corrected chi connectivity index (χ3v) is 12.6. The van der Waals surface area contributed by atoms with Crippen LogP contribution >= 0.6 is 11.3 Å². The number of thiazole rings is 1. The molecule has 2 aromatic rings. The van der Waals surface area contributed by atoms with E-state index in [2.05, 4.69) is 54.1 Å². The highest BCUT2D eigenvalue weighted by molar-refractivity contribution is 7.09. The molecule has 0 aliphatic heterocycles. The quantitative estimate of drug-likeness (QED) is 0.408. The largest absolute Gasteiger partial charge is 0.405 e. The van der Waals surface area contributed by atoms with Crippen molar-refractivity contribution in [2.75, 3.05) is 0 Å². The van der Waals surface area contributed by atoms with Crippen molar-refractivity contribution in [1.82, 2.24) is 20.3 Å². The maximum atomic E-state index is 13.2. The monoisotopic (exact) mass is 491 g/mol. The number of H-pyrrole nitrogens is 1. The van der Waals surface area contributed by atoms with E-state index >= 15 is 0 Å². The van der Waals surface area contributed by atoms with Gasteiger partial charge in [0.1, 0.15) is 11.1 Å². The Morgan fingerprint density at radius 3 is 2.64 bits per heavy atom. The topological polar surface area (TPSA) is 106 Å². The lowest BCUT2D eigenvalue weighted by molar-refractivity contribution is -0.124. The Morgan fingerprint density at radius 1 is 1.33 bits per heavy atom. The first-order chi connectivity index (χ1) is 15.6. The van der Waals surface area contributed by atoms with E-state index < -0.39 is 14.4 Å². The molecule has 3 rings (SSSR count). The van der Waals surface area contributed by atoms with Gasteiger partial charge < -0.3 is 20.5 Å². The molecule has 0 bridgehead atoms. The van der Waals surface area contributed by atoms with Gasteiger partial charge in [0.25, 0.3) is 0 Å². The summed E-state index contributed by atoms with van der Waals surface area (Å²) >= 11 is 1.60. The predicted molar refractivity (Wildman–Crippen MR) is 137 cm³/mol. The molecule has 1 aliphatic rings. The molecular weight excluding hydrogens is 450 g/mol. The van der Waals surface area contributed by atoms with Crippen LogP contribution < -0.4 is 11.1 Å². The van der Waals surface area contributed by atoms with Crippen LogP contribution in [0.3, 0.4) is 0 Å². The van der Waals surface area contributed by atoms with E-state index in [0.717, 1.165) is 17.1 Å². The van der Waals surface area contributed by atoms with Crippen LogP contribution in [0, 0.1) is 5.92 Å². The highest BCUT2D eigenvalue weighted by Gasteiger charge is 2.43. The van der Waals surface area contributed by atoms with Crippen LogP contribution in [0.2, 0.25) is 18.1 Å². The normalized spacial score (nSPS) is 18.6. The number of rotatable bonds is 10. The maximum absolute atomic E-state index is 13.2. The van der Waals surface area contributed by atoms with Gasteiger partial charge in [-0.25, -0.2) is 9.97 Å². The second-order valence-electron chi connectivity index (χ2n) is 10.9. The molecule has 9 heteroatoms. The fraction of sp³-hybridized carbons (Fsp3) is 0.708. The first-order valence-electron chi connectivity index (χ1n) is 12.2. The van der Waals surface area contributed by atoms with Crippen LogP contribution in [0.15, 0.2) is 24.1 Å². The SMILES string of the molecule is CC(C)(C)[Si](C)(C)O[C@@H](c1nccs1)[C@H](CC1CCCCC1)NC(=O)[C@@H](N)Cc1cnc[nH]1. The Kier molecular flexibility index (Phi) is 8.88. The van der Waals surface area contributed by atoms with Gasteiger partial charge in [-0.3, -0.25) is 4.79 Å². The number of aromatic nitrogens is 3. The summed E-state index contributed by atoms with van der Waals surface area (Å²) in [5.41, 5.74) is 7.16. The van der Waals surface area contributed by atoms with Gasteiger partial charge in [-0.15, -0.1) is 11.3 Å². The van der Waals surface area contributed by atoms with Gasteiger partial charge in [-0.05, 0) is 30.5 Å². The van der Waals surface area contributed by atoms with Gasteiger partial charge in [-0.2, -0.15) is 0 Å². The van der Waals surface area contributed by atoms with E-state index in [-0.39, 0.29) is 23.1 Å². The highest BCUT2D eigenvalue weighted by atomic mass is 32.1. The summed E-state index contributed by atoms with van der Waals surface area (Å²) in [6, 6.07) is -0.808. The van der Waals surface area contributed by atoms with Gasteiger partial charge >= 0.3 is 0 Å². The zero-order valence-electron chi connectivity index (χ0n) is 20.8. The molecule has 1 fully saturated rings. The molecule has 4 N–H and O–H groups in total. The van der Waals surface area contributed by atoms with Gasteiger partial charge in [-0.1, -0.05) is 52.9 Å². The number of hydrogen-bond acceptors (Lipinski definition) is 6. The van der Waals surface area contributed by atoms with Crippen molar-refractivity contribution in [3.63, 3.8) is 0 Å². The molecular formula is C24H41N5O2SSi. The van der Waals surface area contributed by atoms with Crippen LogP contribution in [-0.4, -0.2) is 41.3 Å². The Labute approximate surface area is 203 Å². The lowest BCUT2D eigenvalue weighted by Crippen LogP contribution is -2.52. The predicted octanol–water partition coefficient (Wildman–Crippen LogP) is 4.95. The second-order valence-corrected chi connectivity index (χ2v) is 16.6. The minimum absolute atomic E-state index is 0.0545. The fourth-order valence-electron chi connectivity index (χ4n) is 4.23. The molecule has 2 heterocycles. The molecule has 33 heavy (non-hydrogen) atoms. The van der Waals surface area contributed by atoms with Crippen LogP contribution in [0.5, 0.6) is 0 Å². The van der Waals surface area contributed by atoms with Gasteiger partial charge in [0.05, 0.1) is 18.4 Å². The van der Waals surface area contributed by atoms with Crippen LogP contribution in [-0.2, 0) is 15.6 Å². The molecule has 3 atom stereocenters. The molecule has 0 radical (unpaired) electrons. The summed E-state index contributed by atoms with van der Waals surface area (Å²) in [7, 11) is -2.11. The first kappa shape index (κ1) is 26.1. The van der Waals surface area contributed by atoms with E-state index in [0.29, 0.717) is 12.3 Å². The number of amides is 1. The Balaban J connectivity index is 1.84. The number of nitrogens with one attached hydrogen (secondary N) is 2. The molecule has 0 spiro atoms. The molecule has 2 aromatic heterocycles. The molecule has 0 unspecified atom stereocenters. The van der Waals surface area contributed by atoms with E-state index in [9.17, 15) is 4.79 Å². The van der Waals surface area contributed by atoms with E-state index in [1.807, 2.05) is 11.6 Å². The number of aromatic amines is 1. The number of nitrogens with zero attached hydrogens (tertiary/aromatic N) is 2. The molecule has 1 amide bonds. The van der Waals surface area contributed by atoms with Crippen molar-refractivity contribution < 1.29 is 9.22 Å². The summed E-state index contributed by atoms with van der Waals surface area (Å²) < 4.78 is 6.95. The van der Waals surface area contributed by atoms with Crippen LogP contribution in [0.1, 0.15) is 76.1 Å². The molecule has 0 aromatic carbocycles. The maximum Gasteiger partial charge on any atom is 0.237 e. The average Bonchev–Trinajstić information content (AvgIpc) is 3.46.